The van der Waals surface area contributed by atoms with Crippen LogP contribution in [0.3, 0.4) is 0 Å². The Labute approximate surface area is 171 Å². The van der Waals surface area contributed by atoms with Gasteiger partial charge in [0.25, 0.3) is 0 Å². The van der Waals surface area contributed by atoms with Gasteiger partial charge in [0.1, 0.15) is 0 Å². The minimum absolute atomic E-state index is 0.185. The first-order valence-electron chi connectivity index (χ1n) is 7.77. The summed E-state index contributed by atoms with van der Waals surface area (Å²) in [6.07, 6.45) is 0.371. The molecule has 0 atom stereocenters. The molecule has 0 saturated carbocycles. The van der Waals surface area contributed by atoms with Crippen molar-refractivity contribution in [2.45, 2.75) is 21.5 Å². The molecule has 0 aliphatic heterocycles. The predicted molar refractivity (Wildman–Crippen MR) is 101 cm³/mol. The molecule has 1 rings (SSSR count). The number of hydrogen-bond donors (Lipinski definition) is 0. The average Bonchev–Trinajstić information content (AvgIpc) is 2.99. The smallest absolute Gasteiger partial charge is 0.175 e. The summed E-state index contributed by atoms with van der Waals surface area (Å²) in [6.45, 7) is 1.27. The fraction of sp³-hybridized carbons (Fsp3) is 0.833. The first kappa shape index (κ1) is 25.0. The van der Waals surface area contributed by atoms with E-state index in [-0.39, 0.29) is 26.1 Å². The third kappa shape index (κ3) is 15.6. The summed E-state index contributed by atoms with van der Waals surface area (Å²) in [5, 5.41) is 8.06. The van der Waals surface area contributed by atoms with Gasteiger partial charge in [0.15, 0.2) is 8.68 Å². The molecule has 0 aliphatic rings. The van der Waals surface area contributed by atoms with Gasteiger partial charge in [-0.2, -0.15) is 0 Å². The van der Waals surface area contributed by atoms with E-state index < -0.39 is 31.7 Å². The number of hydrogen-bond acceptors (Lipinski definition) is 13. The van der Waals surface area contributed by atoms with Crippen molar-refractivity contribution >= 4 is 55.1 Å². The Morgan fingerprint density at radius 3 is 1.56 bits per heavy atom. The van der Waals surface area contributed by atoms with Gasteiger partial charge in [-0.1, -0.05) is 34.9 Å². The molecule has 10 nitrogen and oxygen atoms in total. The second kappa shape index (κ2) is 13.3. The Kier molecular flexibility index (Phi) is 12.3. The molecule has 1 aromatic heterocycles. The van der Waals surface area contributed by atoms with Gasteiger partial charge in [-0.3, -0.25) is 0 Å². The lowest BCUT2D eigenvalue weighted by Gasteiger charge is -2.06. The van der Waals surface area contributed by atoms with Crippen molar-refractivity contribution in [1.29, 1.82) is 0 Å². The van der Waals surface area contributed by atoms with Crippen LogP contribution in [0.15, 0.2) is 8.68 Å². The monoisotopic (exact) mass is 480 g/mol. The standard InChI is InChI=1S/C12H22N2O8S5/c15-26(16,17)9-1-3-21-5-7-23-11-13-14-12(25-11)24-8-6-22-4-2-10-27(18,19)20/h1-10H2,(H,15,16,17)(H,18,19,20)/p-2. The van der Waals surface area contributed by atoms with Gasteiger partial charge >= 0.3 is 0 Å². The summed E-state index contributed by atoms with van der Waals surface area (Å²) < 4.78 is 74.5. The molecule has 0 N–H and O–H groups in total. The van der Waals surface area contributed by atoms with E-state index in [0.717, 1.165) is 8.68 Å². The van der Waals surface area contributed by atoms with E-state index in [1.807, 2.05) is 0 Å². The molecule has 1 heterocycles. The maximum absolute atomic E-state index is 10.4. The molecule has 158 valence electrons. The van der Waals surface area contributed by atoms with E-state index in [4.69, 9.17) is 9.47 Å². The maximum Gasteiger partial charge on any atom is 0.175 e. The van der Waals surface area contributed by atoms with Gasteiger partial charge in [0.05, 0.1) is 33.5 Å². The molecule has 0 fully saturated rings. The van der Waals surface area contributed by atoms with Crippen LogP contribution in [0.25, 0.3) is 0 Å². The third-order valence-electron chi connectivity index (χ3n) is 2.66. The summed E-state index contributed by atoms with van der Waals surface area (Å²) in [4.78, 5) is 0. The minimum atomic E-state index is -4.18. The SMILES string of the molecule is O=S(=O)([O-])CCCOCCSc1nnc(SCCOCCCS(=O)(=O)[O-])s1. The van der Waals surface area contributed by atoms with Gasteiger partial charge in [-0.25, -0.2) is 16.8 Å². The normalized spacial score (nSPS) is 12.5. The zero-order valence-corrected chi connectivity index (χ0v) is 18.4. The van der Waals surface area contributed by atoms with Crippen LogP contribution in [0.5, 0.6) is 0 Å². The van der Waals surface area contributed by atoms with Crippen molar-refractivity contribution in [1.82, 2.24) is 10.2 Å². The van der Waals surface area contributed by atoms with Crippen molar-refractivity contribution in [3.05, 3.63) is 0 Å². The van der Waals surface area contributed by atoms with Crippen LogP contribution in [-0.2, 0) is 29.7 Å². The van der Waals surface area contributed by atoms with Crippen LogP contribution in [0.1, 0.15) is 12.8 Å². The number of nitrogens with zero attached hydrogens (tertiary/aromatic N) is 2. The second-order valence-electron chi connectivity index (χ2n) is 4.99. The highest BCUT2D eigenvalue weighted by molar-refractivity contribution is 8.03. The molecule has 15 heteroatoms. The molecule has 0 aliphatic carbocycles. The van der Waals surface area contributed by atoms with Crippen LogP contribution in [0.4, 0.5) is 0 Å². The highest BCUT2D eigenvalue weighted by Gasteiger charge is 2.05. The van der Waals surface area contributed by atoms with E-state index in [1.165, 1.54) is 34.9 Å². The average molecular weight is 481 g/mol. The number of ether oxygens (including phenoxy) is 2. The van der Waals surface area contributed by atoms with Crippen LogP contribution < -0.4 is 0 Å². The predicted octanol–water partition coefficient (Wildman–Crippen LogP) is 0.626. The van der Waals surface area contributed by atoms with Crippen LogP contribution in [0, 0.1) is 0 Å². The molecule has 0 amide bonds. The molecule has 0 radical (unpaired) electrons. The Morgan fingerprint density at radius 1 is 0.778 bits per heavy atom. The van der Waals surface area contributed by atoms with Crippen molar-refractivity contribution in [2.24, 2.45) is 0 Å². The Hall–Kier alpha value is -0.000000000000000194. The maximum atomic E-state index is 10.4. The fourth-order valence-electron chi connectivity index (χ4n) is 1.57. The molecular formula is C12H20N2O8S5-2. The summed E-state index contributed by atoms with van der Waals surface area (Å²) in [5.74, 6) is 0.432. The van der Waals surface area contributed by atoms with Crippen molar-refractivity contribution in [3.8, 4) is 0 Å². The summed E-state index contributed by atoms with van der Waals surface area (Å²) >= 11 is 4.36. The van der Waals surface area contributed by atoms with Gasteiger partial charge in [0, 0.05) is 36.2 Å². The number of rotatable bonds is 16. The molecule has 0 unspecified atom stereocenters. The van der Waals surface area contributed by atoms with E-state index in [0.29, 0.717) is 24.7 Å². The zero-order chi connectivity index (χ0) is 20.2. The van der Waals surface area contributed by atoms with Crippen molar-refractivity contribution in [2.75, 3.05) is 49.4 Å². The molecule has 0 spiro atoms. The first-order chi connectivity index (χ1) is 12.7. The largest absolute Gasteiger partial charge is 0.748 e. The van der Waals surface area contributed by atoms with Gasteiger partial charge < -0.3 is 18.6 Å². The topological polar surface area (TPSA) is 159 Å². The van der Waals surface area contributed by atoms with Crippen molar-refractivity contribution < 1.29 is 35.4 Å². The fourth-order valence-corrected chi connectivity index (χ4v) is 5.38. The zero-order valence-electron chi connectivity index (χ0n) is 14.3. The Morgan fingerprint density at radius 2 is 1.19 bits per heavy atom. The molecule has 0 saturated heterocycles. The first-order valence-corrected chi connectivity index (χ1v) is 13.7. The van der Waals surface area contributed by atoms with Crippen LogP contribution in [-0.4, -0.2) is 85.6 Å². The molecule has 1 aromatic rings. The summed E-state index contributed by atoms with van der Waals surface area (Å²) in [7, 11) is -8.35. The van der Waals surface area contributed by atoms with Gasteiger partial charge in [-0.15, -0.1) is 10.2 Å². The highest BCUT2D eigenvalue weighted by Crippen LogP contribution is 2.28. The van der Waals surface area contributed by atoms with Crippen LogP contribution >= 0.6 is 34.9 Å². The highest BCUT2D eigenvalue weighted by atomic mass is 32.2. The quantitative estimate of drug-likeness (QED) is 0.185. The Bertz CT molecular complexity index is 676. The Balaban J connectivity index is 2.02. The van der Waals surface area contributed by atoms with Crippen molar-refractivity contribution in [3.63, 3.8) is 0 Å². The van der Waals surface area contributed by atoms with E-state index in [2.05, 4.69) is 10.2 Å². The summed E-state index contributed by atoms with van der Waals surface area (Å²) in [6, 6.07) is 0. The summed E-state index contributed by atoms with van der Waals surface area (Å²) in [5.41, 5.74) is 0. The number of aromatic nitrogens is 2. The van der Waals surface area contributed by atoms with Crippen LogP contribution in [0.2, 0.25) is 0 Å². The molecule has 0 bridgehead atoms. The van der Waals surface area contributed by atoms with Gasteiger partial charge in [-0.05, 0) is 12.8 Å². The minimum Gasteiger partial charge on any atom is -0.748 e. The molecule has 0 aromatic carbocycles. The van der Waals surface area contributed by atoms with E-state index in [1.54, 1.807) is 0 Å². The van der Waals surface area contributed by atoms with Gasteiger partial charge in [0.2, 0.25) is 0 Å². The second-order valence-corrected chi connectivity index (χ2v) is 11.7. The lowest BCUT2D eigenvalue weighted by molar-refractivity contribution is 0.150. The lowest BCUT2D eigenvalue weighted by Crippen LogP contribution is -2.08. The molecule has 27 heavy (non-hydrogen) atoms. The lowest BCUT2D eigenvalue weighted by atomic mass is 10.5. The van der Waals surface area contributed by atoms with E-state index in [9.17, 15) is 25.9 Å². The van der Waals surface area contributed by atoms with E-state index >= 15 is 0 Å². The third-order valence-corrected chi connectivity index (χ3v) is 7.36. The number of thioether (sulfide) groups is 2. The molecular weight excluding hydrogens is 460 g/mol.